The van der Waals surface area contributed by atoms with Crippen molar-refractivity contribution in [3.63, 3.8) is 0 Å². The Kier molecular flexibility index (Phi) is 4.90. The van der Waals surface area contributed by atoms with Gasteiger partial charge in [0.1, 0.15) is 6.26 Å². The summed E-state index contributed by atoms with van der Waals surface area (Å²) in [6.45, 7) is 5.27. The number of furan rings is 1. The molecule has 0 spiro atoms. The van der Waals surface area contributed by atoms with Crippen LogP contribution in [0.5, 0.6) is 0 Å². The van der Waals surface area contributed by atoms with Gasteiger partial charge in [0.05, 0.1) is 17.9 Å². The molecular formula is C11H17NO3. The van der Waals surface area contributed by atoms with Crippen LogP contribution in [0.15, 0.2) is 23.0 Å². The Bertz CT molecular complexity index is 280. The number of ether oxygens (including phenoxy) is 1. The summed E-state index contributed by atoms with van der Waals surface area (Å²) in [7, 11) is 0. The van der Waals surface area contributed by atoms with Crippen LogP contribution in [0.3, 0.4) is 0 Å². The van der Waals surface area contributed by atoms with Crippen LogP contribution in [-0.4, -0.2) is 25.2 Å². The maximum Gasteiger partial charge on any atom is 0.254 e. The highest BCUT2D eigenvalue weighted by Gasteiger charge is 2.04. The van der Waals surface area contributed by atoms with Gasteiger partial charge >= 0.3 is 0 Å². The molecular weight excluding hydrogens is 194 g/mol. The number of rotatable bonds is 6. The van der Waals surface area contributed by atoms with E-state index in [2.05, 4.69) is 5.32 Å². The zero-order valence-electron chi connectivity index (χ0n) is 9.16. The van der Waals surface area contributed by atoms with Gasteiger partial charge in [-0.1, -0.05) is 0 Å². The van der Waals surface area contributed by atoms with Crippen molar-refractivity contribution < 1.29 is 13.9 Å². The molecule has 0 radical (unpaired) electrons. The SMILES string of the molecule is CC(C)OCCCNC(=O)c1ccoc1. The molecule has 0 bridgehead atoms. The van der Waals surface area contributed by atoms with Crippen molar-refractivity contribution in [1.82, 2.24) is 5.32 Å². The lowest BCUT2D eigenvalue weighted by Gasteiger charge is -2.07. The van der Waals surface area contributed by atoms with E-state index in [1.807, 2.05) is 13.8 Å². The maximum absolute atomic E-state index is 11.4. The Morgan fingerprint density at radius 2 is 2.40 bits per heavy atom. The van der Waals surface area contributed by atoms with Crippen LogP contribution in [0.1, 0.15) is 30.6 Å². The first-order chi connectivity index (χ1) is 7.20. The molecule has 4 heteroatoms. The largest absolute Gasteiger partial charge is 0.472 e. The molecule has 0 saturated carbocycles. The lowest BCUT2D eigenvalue weighted by molar-refractivity contribution is 0.0757. The zero-order chi connectivity index (χ0) is 11.1. The normalized spacial score (nSPS) is 10.6. The van der Waals surface area contributed by atoms with E-state index in [9.17, 15) is 4.79 Å². The van der Waals surface area contributed by atoms with Crippen LogP contribution in [0.25, 0.3) is 0 Å². The molecule has 1 aromatic rings. The minimum absolute atomic E-state index is 0.103. The maximum atomic E-state index is 11.4. The summed E-state index contributed by atoms with van der Waals surface area (Å²) < 4.78 is 10.2. The average Bonchev–Trinajstić information content (AvgIpc) is 2.69. The fourth-order valence-electron chi connectivity index (χ4n) is 1.09. The predicted octanol–water partition coefficient (Wildman–Crippen LogP) is 1.82. The molecule has 0 fully saturated rings. The molecule has 0 saturated heterocycles. The summed E-state index contributed by atoms with van der Waals surface area (Å²) in [5.41, 5.74) is 0.555. The number of nitrogens with one attached hydrogen (secondary N) is 1. The van der Waals surface area contributed by atoms with E-state index in [-0.39, 0.29) is 12.0 Å². The second-order valence-electron chi connectivity index (χ2n) is 3.54. The second-order valence-corrected chi connectivity index (χ2v) is 3.54. The molecule has 0 unspecified atom stereocenters. The van der Waals surface area contributed by atoms with E-state index in [1.165, 1.54) is 12.5 Å². The third-order valence-corrected chi connectivity index (χ3v) is 1.84. The van der Waals surface area contributed by atoms with Crippen LogP contribution >= 0.6 is 0 Å². The summed E-state index contributed by atoms with van der Waals surface area (Å²) >= 11 is 0. The van der Waals surface area contributed by atoms with E-state index in [0.717, 1.165) is 6.42 Å². The van der Waals surface area contributed by atoms with E-state index < -0.39 is 0 Å². The standard InChI is InChI=1S/C11H17NO3/c1-9(2)15-6-3-5-12-11(13)10-4-7-14-8-10/h4,7-9H,3,5-6H2,1-2H3,(H,12,13). The summed E-state index contributed by atoms with van der Waals surface area (Å²) in [5, 5.41) is 2.78. The Morgan fingerprint density at radius 1 is 1.60 bits per heavy atom. The minimum atomic E-state index is -0.103. The van der Waals surface area contributed by atoms with Crippen molar-refractivity contribution in [3.05, 3.63) is 24.2 Å². The van der Waals surface area contributed by atoms with Crippen LogP contribution < -0.4 is 5.32 Å². The van der Waals surface area contributed by atoms with Gasteiger partial charge in [0, 0.05) is 13.2 Å². The topological polar surface area (TPSA) is 51.5 Å². The van der Waals surface area contributed by atoms with Gasteiger partial charge in [0.2, 0.25) is 0 Å². The van der Waals surface area contributed by atoms with Crippen molar-refractivity contribution in [2.75, 3.05) is 13.2 Å². The van der Waals surface area contributed by atoms with Gasteiger partial charge in [-0.15, -0.1) is 0 Å². The molecule has 0 aliphatic heterocycles. The summed E-state index contributed by atoms with van der Waals surface area (Å²) in [4.78, 5) is 11.4. The third kappa shape index (κ3) is 4.65. The van der Waals surface area contributed by atoms with Crippen LogP contribution in [0.2, 0.25) is 0 Å². The third-order valence-electron chi connectivity index (χ3n) is 1.84. The first-order valence-corrected chi connectivity index (χ1v) is 5.12. The van der Waals surface area contributed by atoms with Gasteiger partial charge in [0.15, 0.2) is 0 Å². The number of hydrogen-bond acceptors (Lipinski definition) is 3. The van der Waals surface area contributed by atoms with Gasteiger partial charge in [0.25, 0.3) is 5.91 Å². The van der Waals surface area contributed by atoms with Crippen LogP contribution in [0.4, 0.5) is 0 Å². The van der Waals surface area contributed by atoms with Crippen molar-refractivity contribution in [1.29, 1.82) is 0 Å². The van der Waals surface area contributed by atoms with E-state index in [0.29, 0.717) is 18.7 Å². The number of amides is 1. The van der Waals surface area contributed by atoms with Crippen molar-refractivity contribution in [2.24, 2.45) is 0 Å². The van der Waals surface area contributed by atoms with Crippen molar-refractivity contribution in [3.8, 4) is 0 Å². The molecule has 0 aromatic carbocycles. The molecule has 1 rings (SSSR count). The molecule has 0 atom stereocenters. The van der Waals surface area contributed by atoms with E-state index >= 15 is 0 Å². The molecule has 0 aliphatic rings. The monoisotopic (exact) mass is 211 g/mol. The molecule has 1 aromatic heterocycles. The average molecular weight is 211 g/mol. The summed E-state index contributed by atoms with van der Waals surface area (Å²) in [6, 6.07) is 1.64. The lowest BCUT2D eigenvalue weighted by atomic mass is 10.3. The molecule has 1 heterocycles. The van der Waals surface area contributed by atoms with Gasteiger partial charge in [-0.2, -0.15) is 0 Å². The number of carbonyl (C=O) groups is 1. The molecule has 4 nitrogen and oxygen atoms in total. The van der Waals surface area contributed by atoms with E-state index in [4.69, 9.17) is 9.15 Å². The smallest absolute Gasteiger partial charge is 0.254 e. The quantitative estimate of drug-likeness (QED) is 0.730. The Hall–Kier alpha value is -1.29. The number of carbonyl (C=O) groups excluding carboxylic acids is 1. The molecule has 15 heavy (non-hydrogen) atoms. The number of hydrogen-bond donors (Lipinski definition) is 1. The van der Waals surface area contributed by atoms with Gasteiger partial charge in [-0.05, 0) is 26.3 Å². The Labute approximate surface area is 89.6 Å². The van der Waals surface area contributed by atoms with Crippen molar-refractivity contribution in [2.45, 2.75) is 26.4 Å². The summed E-state index contributed by atoms with van der Waals surface area (Å²) in [5.74, 6) is -0.103. The highest BCUT2D eigenvalue weighted by Crippen LogP contribution is 1.99. The highest BCUT2D eigenvalue weighted by molar-refractivity contribution is 5.93. The Morgan fingerprint density at radius 3 is 3.00 bits per heavy atom. The van der Waals surface area contributed by atoms with Crippen molar-refractivity contribution >= 4 is 5.91 Å². The van der Waals surface area contributed by atoms with Gasteiger partial charge in [-0.25, -0.2) is 0 Å². The fraction of sp³-hybridized carbons (Fsp3) is 0.545. The molecule has 1 N–H and O–H groups in total. The predicted molar refractivity (Wildman–Crippen MR) is 56.7 cm³/mol. The minimum Gasteiger partial charge on any atom is -0.472 e. The van der Waals surface area contributed by atoms with Gasteiger partial charge < -0.3 is 14.5 Å². The van der Waals surface area contributed by atoms with E-state index in [1.54, 1.807) is 6.07 Å². The zero-order valence-corrected chi connectivity index (χ0v) is 9.16. The van der Waals surface area contributed by atoms with Gasteiger partial charge in [-0.3, -0.25) is 4.79 Å². The van der Waals surface area contributed by atoms with Crippen LogP contribution in [-0.2, 0) is 4.74 Å². The first-order valence-electron chi connectivity index (χ1n) is 5.12. The molecule has 1 amide bonds. The lowest BCUT2D eigenvalue weighted by Crippen LogP contribution is -2.25. The second kappa shape index (κ2) is 6.24. The molecule has 84 valence electrons. The summed E-state index contributed by atoms with van der Waals surface area (Å²) in [6.07, 6.45) is 3.98. The van der Waals surface area contributed by atoms with Crippen LogP contribution in [0, 0.1) is 0 Å². The first kappa shape index (κ1) is 11.8. The Balaban J connectivity index is 2.08. The highest BCUT2D eigenvalue weighted by atomic mass is 16.5. The molecule has 0 aliphatic carbocycles. The fourth-order valence-corrected chi connectivity index (χ4v) is 1.09.